The molecule has 5 N–H and O–H groups in total. The summed E-state index contributed by atoms with van der Waals surface area (Å²) in [5.41, 5.74) is 0.663. The maximum atomic E-state index is 11.7. The molecule has 106 valence electrons. The summed E-state index contributed by atoms with van der Waals surface area (Å²) in [5, 5.41) is 46.3. The molecule has 6 heteroatoms. The van der Waals surface area contributed by atoms with E-state index < -0.39 is 36.8 Å². The van der Waals surface area contributed by atoms with Crippen molar-refractivity contribution in [3.8, 4) is 0 Å². The molecule has 4 atom stereocenters. The lowest BCUT2D eigenvalue weighted by Crippen LogP contribution is -2.49. The van der Waals surface area contributed by atoms with Crippen LogP contribution in [-0.4, -0.2) is 62.3 Å². The lowest BCUT2D eigenvalue weighted by molar-refractivity contribution is -0.146. The van der Waals surface area contributed by atoms with E-state index in [4.69, 9.17) is 10.2 Å². The largest absolute Gasteiger partial charge is 0.394 e. The van der Waals surface area contributed by atoms with Gasteiger partial charge in [-0.2, -0.15) is 0 Å². The van der Waals surface area contributed by atoms with Crippen molar-refractivity contribution in [1.29, 1.82) is 0 Å². The first-order valence-corrected chi connectivity index (χ1v) is 5.87. The van der Waals surface area contributed by atoms with Crippen LogP contribution in [0.15, 0.2) is 30.3 Å². The van der Waals surface area contributed by atoms with E-state index in [9.17, 15) is 20.1 Å². The van der Waals surface area contributed by atoms with Crippen molar-refractivity contribution in [3.05, 3.63) is 35.9 Å². The minimum absolute atomic E-state index is 0.0962. The van der Waals surface area contributed by atoms with E-state index in [2.05, 4.69) is 0 Å². The second-order valence-corrected chi connectivity index (χ2v) is 4.30. The Bertz CT molecular complexity index is 393. The van der Waals surface area contributed by atoms with Gasteiger partial charge in [-0.3, -0.25) is 4.79 Å². The van der Waals surface area contributed by atoms with Crippen LogP contribution in [0.2, 0.25) is 0 Å². The molecule has 0 fully saturated rings. The van der Waals surface area contributed by atoms with Gasteiger partial charge in [-0.25, -0.2) is 0 Å². The average Bonchev–Trinajstić information content (AvgIpc) is 2.44. The molecule has 1 aromatic rings. The summed E-state index contributed by atoms with van der Waals surface area (Å²) in [4.78, 5) is 11.7. The topological polar surface area (TPSA) is 118 Å². The zero-order valence-corrected chi connectivity index (χ0v) is 10.3. The Hall–Kier alpha value is -1.31. The highest BCUT2D eigenvalue weighted by Crippen LogP contribution is 2.09. The third kappa shape index (κ3) is 4.38. The lowest BCUT2D eigenvalue weighted by Gasteiger charge is -2.24. The Morgan fingerprint density at radius 3 is 2.11 bits per heavy atom. The molecule has 0 saturated carbocycles. The summed E-state index contributed by atoms with van der Waals surface area (Å²) in [5.74, 6) is -0.678. The lowest BCUT2D eigenvalue weighted by atomic mass is 9.97. The smallest absolute Gasteiger partial charge is 0.168 e. The Balaban J connectivity index is 2.61. The molecular weight excluding hydrogens is 252 g/mol. The first-order chi connectivity index (χ1) is 8.97. The molecule has 0 heterocycles. The number of aliphatic hydroxyl groups is 5. The number of rotatable bonds is 7. The van der Waals surface area contributed by atoms with E-state index in [0.29, 0.717) is 5.56 Å². The van der Waals surface area contributed by atoms with Gasteiger partial charge in [0.15, 0.2) is 5.78 Å². The molecule has 1 aromatic carbocycles. The summed E-state index contributed by atoms with van der Waals surface area (Å²) >= 11 is 0. The summed E-state index contributed by atoms with van der Waals surface area (Å²) in [7, 11) is 0. The van der Waals surface area contributed by atoms with Crippen molar-refractivity contribution in [3.63, 3.8) is 0 Å². The standard InChI is InChI=1S/C13H18O6/c14-7-10(16)12(18)13(19)11(17)9(15)6-8-4-2-1-3-5-8/h1-5,10-14,16-19H,6-7H2/t10-,11+,12+,13-/m1/s1. The number of Topliss-reactive ketones (excluding diaryl/α,β-unsaturated/α-hetero) is 1. The highest BCUT2D eigenvalue weighted by atomic mass is 16.4. The maximum Gasteiger partial charge on any atom is 0.168 e. The number of benzene rings is 1. The molecule has 0 amide bonds. The third-order valence-corrected chi connectivity index (χ3v) is 2.81. The Morgan fingerprint density at radius 2 is 1.58 bits per heavy atom. The second-order valence-electron chi connectivity index (χ2n) is 4.30. The molecule has 0 unspecified atom stereocenters. The molecule has 0 saturated heterocycles. The monoisotopic (exact) mass is 270 g/mol. The van der Waals surface area contributed by atoms with Crippen LogP contribution in [0.4, 0.5) is 0 Å². The number of hydrogen-bond acceptors (Lipinski definition) is 6. The van der Waals surface area contributed by atoms with Crippen LogP contribution >= 0.6 is 0 Å². The highest BCUT2D eigenvalue weighted by molar-refractivity contribution is 5.85. The molecule has 0 aliphatic heterocycles. The quantitative estimate of drug-likeness (QED) is 0.400. The van der Waals surface area contributed by atoms with Crippen molar-refractivity contribution in [2.24, 2.45) is 0 Å². The molecule has 0 aromatic heterocycles. The van der Waals surface area contributed by atoms with Gasteiger partial charge in [-0.15, -0.1) is 0 Å². The third-order valence-electron chi connectivity index (χ3n) is 2.81. The number of carbonyl (C=O) groups is 1. The highest BCUT2D eigenvalue weighted by Gasteiger charge is 2.33. The summed E-state index contributed by atoms with van der Waals surface area (Å²) in [6, 6.07) is 8.62. The van der Waals surface area contributed by atoms with E-state index in [1.165, 1.54) is 0 Å². The van der Waals surface area contributed by atoms with Gasteiger partial charge in [0.25, 0.3) is 0 Å². The fourth-order valence-electron chi connectivity index (χ4n) is 1.61. The predicted molar refractivity (Wildman–Crippen MR) is 66.3 cm³/mol. The molecule has 1 rings (SSSR count). The summed E-state index contributed by atoms with van der Waals surface area (Å²) < 4.78 is 0. The van der Waals surface area contributed by atoms with Crippen molar-refractivity contribution in [2.75, 3.05) is 6.61 Å². The van der Waals surface area contributed by atoms with Crippen LogP contribution in [0.25, 0.3) is 0 Å². The normalized spacial score (nSPS) is 17.5. The van der Waals surface area contributed by atoms with Crippen molar-refractivity contribution < 1.29 is 30.3 Å². The second kappa shape index (κ2) is 7.32. The van der Waals surface area contributed by atoms with Crippen LogP contribution in [0.5, 0.6) is 0 Å². The van der Waals surface area contributed by atoms with Crippen molar-refractivity contribution >= 4 is 5.78 Å². The van der Waals surface area contributed by atoms with E-state index in [1.54, 1.807) is 30.3 Å². The molecule has 0 aliphatic rings. The minimum atomic E-state index is -1.85. The van der Waals surface area contributed by atoms with Crippen LogP contribution in [0.3, 0.4) is 0 Å². The molecule has 0 radical (unpaired) electrons. The fraction of sp³-hybridized carbons (Fsp3) is 0.462. The zero-order valence-electron chi connectivity index (χ0n) is 10.3. The van der Waals surface area contributed by atoms with E-state index in [-0.39, 0.29) is 6.42 Å². The van der Waals surface area contributed by atoms with Crippen molar-refractivity contribution in [1.82, 2.24) is 0 Å². The molecule has 0 aliphatic carbocycles. The van der Waals surface area contributed by atoms with Crippen LogP contribution in [-0.2, 0) is 11.2 Å². The molecule has 6 nitrogen and oxygen atoms in total. The Kier molecular flexibility index (Phi) is 6.07. The SMILES string of the molecule is O=C(Cc1ccccc1)[C@H](O)[C@@H](O)[C@@H](O)[C@H](O)CO. The van der Waals surface area contributed by atoms with Gasteiger partial charge in [0.05, 0.1) is 6.61 Å². The number of aliphatic hydroxyl groups excluding tert-OH is 5. The molecular formula is C13H18O6. The van der Waals surface area contributed by atoms with Crippen LogP contribution < -0.4 is 0 Å². The maximum absolute atomic E-state index is 11.7. The van der Waals surface area contributed by atoms with E-state index in [1.807, 2.05) is 0 Å². The number of ketones is 1. The van der Waals surface area contributed by atoms with Crippen molar-refractivity contribution in [2.45, 2.75) is 30.8 Å². The number of carbonyl (C=O) groups excluding carboxylic acids is 1. The fourth-order valence-corrected chi connectivity index (χ4v) is 1.61. The molecule has 0 spiro atoms. The number of hydrogen-bond donors (Lipinski definition) is 5. The van der Waals surface area contributed by atoms with Gasteiger partial charge >= 0.3 is 0 Å². The first kappa shape index (κ1) is 15.7. The van der Waals surface area contributed by atoms with E-state index in [0.717, 1.165) is 0 Å². The molecule has 0 bridgehead atoms. The summed E-state index contributed by atoms with van der Waals surface area (Å²) in [6.07, 6.45) is -7.18. The zero-order chi connectivity index (χ0) is 14.4. The van der Waals surface area contributed by atoms with E-state index >= 15 is 0 Å². The van der Waals surface area contributed by atoms with Gasteiger partial charge in [0.1, 0.15) is 24.4 Å². The Labute approximate surface area is 110 Å². The predicted octanol–water partition coefficient (Wildman–Crippen LogP) is -1.77. The van der Waals surface area contributed by atoms with Gasteiger partial charge in [-0.1, -0.05) is 30.3 Å². The Morgan fingerprint density at radius 1 is 1.00 bits per heavy atom. The van der Waals surface area contributed by atoms with Gasteiger partial charge < -0.3 is 25.5 Å². The molecule has 19 heavy (non-hydrogen) atoms. The first-order valence-electron chi connectivity index (χ1n) is 5.87. The van der Waals surface area contributed by atoms with Crippen LogP contribution in [0, 0.1) is 0 Å². The average molecular weight is 270 g/mol. The summed E-state index contributed by atoms with van der Waals surface area (Å²) in [6.45, 7) is -0.780. The minimum Gasteiger partial charge on any atom is -0.394 e. The van der Waals surface area contributed by atoms with Gasteiger partial charge in [0.2, 0.25) is 0 Å². The van der Waals surface area contributed by atoms with Gasteiger partial charge in [-0.05, 0) is 5.56 Å². The van der Waals surface area contributed by atoms with Crippen LogP contribution in [0.1, 0.15) is 5.56 Å². The van der Waals surface area contributed by atoms with Gasteiger partial charge in [0, 0.05) is 6.42 Å².